The number of nitrogens with two attached hydrogens (primary N) is 1. The first-order chi connectivity index (χ1) is 9.36. The standard InChI is InChI=1S/C17H20N2/c18-10-9-14-5-1-2-6-15(14)11-19-12-16-7-3-4-8-17(16)13-19/h1-8H,9-13,18H2. The van der Waals surface area contributed by atoms with Crippen molar-refractivity contribution < 1.29 is 0 Å². The summed E-state index contributed by atoms with van der Waals surface area (Å²) in [5, 5.41) is 0. The molecule has 0 radical (unpaired) electrons. The first-order valence-electron chi connectivity index (χ1n) is 6.93. The van der Waals surface area contributed by atoms with Crippen molar-refractivity contribution >= 4 is 0 Å². The fourth-order valence-corrected chi connectivity index (χ4v) is 2.87. The lowest BCUT2D eigenvalue weighted by molar-refractivity contribution is 0.274. The molecule has 1 aliphatic rings. The molecule has 0 unspecified atom stereocenters. The molecule has 0 saturated carbocycles. The van der Waals surface area contributed by atoms with Crippen molar-refractivity contribution in [2.24, 2.45) is 5.73 Å². The maximum Gasteiger partial charge on any atom is 0.0244 e. The summed E-state index contributed by atoms with van der Waals surface area (Å²) in [6.45, 7) is 3.86. The van der Waals surface area contributed by atoms with Gasteiger partial charge in [-0.2, -0.15) is 0 Å². The summed E-state index contributed by atoms with van der Waals surface area (Å²) in [6, 6.07) is 17.4. The average molecular weight is 252 g/mol. The number of hydrogen-bond donors (Lipinski definition) is 1. The third kappa shape index (κ3) is 2.70. The van der Waals surface area contributed by atoms with Gasteiger partial charge in [0.1, 0.15) is 0 Å². The first-order valence-corrected chi connectivity index (χ1v) is 6.93. The largest absolute Gasteiger partial charge is 0.330 e. The van der Waals surface area contributed by atoms with E-state index in [1.165, 1.54) is 22.3 Å². The Morgan fingerprint density at radius 3 is 2.05 bits per heavy atom. The molecule has 0 fully saturated rings. The van der Waals surface area contributed by atoms with Gasteiger partial charge in [0.25, 0.3) is 0 Å². The summed E-state index contributed by atoms with van der Waals surface area (Å²) in [5.74, 6) is 0. The van der Waals surface area contributed by atoms with Crippen LogP contribution in [0.5, 0.6) is 0 Å². The van der Waals surface area contributed by atoms with E-state index >= 15 is 0 Å². The van der Waals surface area contributed by atoms with E-state index in [9.17, 15) is 0 Å². The summed E-state index contributed by atoms with van der Waals surface area (Å²) in [5.41, 5.74) is 11.4. The Kier molecular flexibility index (Phi) is 3.62. The zero-order chi connectivity index (χ0) is 13.1. The first kappa shape index (κ1) is 12.4. The summed E-state index contributed by atoms with van der Waals surface area (Å²) in [7, 11) is 0. The second-order valence-electron chi connectivity index (χ2n) is 5.22. The topological polar surface area (TPSA) is 29.3 Å². The molecule has 0 amide bonds. The highest BCUT2D eigenvalue weighted by Crippen LogP contribution is 2.24. The highest BCUT2D eigenvalue weighted by molar-refractivity contribution is 5.32. The monoisotopic (exact) mass is 252 g/mol. The third-order valence-corrected chi connectivity index (χ3v) is 3.83. The molecule has 1 heterocycles. The van der Waals surface area contributed by atoms with E-state index in [4.69, 9.17) is 5.73 Å². The van der Waals surface area contributed by atoms with Gasteiger partial charge in [0.05, 0.1) is 0 Å². The van der Waals surface area contributed by atoms with Crippen molar-refractivity contribution in [2.75, 3.05) is 6.54 Å². The number of rotatable bonds is 4. The third-order valence-electron chi connectivity index (χ3n) is 3.83. The Labute approximate surface area is 114 Å². The number of fused-ring (bicyclic) bond motifs is 1. The van der Waals surface area contributed by atoms with Crippen LogP contribution in [0.1, 0.15) is 22.3 Å². The van der Waals surface area contributed by atoms with Crippen molar-refractivity contribution in [1.29, 1.82) is 0 Å². The number of benzene rings is 2. The Bertz CT molecular complexity index is 538. The Morgan fingerprint density at radius 1 is 0.842 bits per heavy atom. The van der Waals surface area contributed by atoms with E-state index in [2.05, 4.69) is 53.4 Å². The molecule has 0 atom stereocenters. The molecule has 2 aromatic rings. The normalized spacial score (nSPS) is 14.6. The van der Waals surface area contributed by atoms with E-state index in [0.717, 1.165) is 32.6 Å². The molecule has 2 nitrogen and oxygen atoms in total. The lowest BCUT2D eigenvalue weighted by Crippen LogP contribution is -2.17. The zero-order valence-electron chi connectivity index (χ0n) is 11.2. The minimum absolute atomic E-state index is 0.719. The molecule has 0 saturated heterocycles. The van der Waals surface area contributed by atoms with Gasteiger partial charge in [-0.15, -0.1) is 0 Å². The predicted octanol–water partition coefficient (Wildman–Crippen LogP) is 2.70. The van der Waals surface area contributed by atoms with Crippen LogP contribution in [0.2, 0.25) is 0 Å². The molecule has 3 rings (SSSR count). The number of nitrogens with zero attached hydrogens (tertiary/aromatic N) is 1. The molecule has 1 aliphatic heterocycles. The quantitative estimate of drug-likeness (QED) is 0.906. The van der Waals surface area contributed by atoms with Crippen LogP contribution < -0.4 is 5.73 Å². The van der Waals surface area contributed by atoms with Crippen LogP contribution in [0.25, 0.3) is 0 Å². The molecule has 0 aromatic heterocycles. The highest BCUT2D eigenvalue weighted by atomic mass is 15.1. The Hall–Kier alpha value is -1.64. The molecule has 19 heavy (non-hydrogen) atoms. The lowest BCUT2D eigenvalue weighted by atomic mass is 10.0. The Balaban J connectivity index is 1.74. The van der Waals surface area contributed by atoms with Crippen LogP contribution >= 0.6 is 0 Å². The zero-order valence-corrected chi connectivity index (χ0v) is 11.2. The van der Waals surface area contributed by atoms with Crippen molar-refractivity contribution in [3.05, 3.63) is 70.8 Å². The lowest BCUT2D eigenvalue weighted by Gasteiger charge is -2.17. The molecule has 2 aromatic carbocycles. The molecular formula is C17H20N2. The maximum atomic E-state index is 5.69. The summed E-state index contributed by atoms with van der Waals surface area (Å²) >= 11 is 0. The van der Waals surface area contributed by atoms with E-state index < -0.39 is 0 Å². The second kappa shape index (κ2) is 5.55. The van der Waals surface area contributed by atoms with Gasteiger partial charge >= 0.3 is 0 Å². The highest BCUT2D eigenvalue weighted by Gasteiger charge is 2.18. The van der Waals surface area contributed by atoms with Gasteiger partial charge in [0.15, 0.2) is 0 Å². The van der Waals surface area contributed by atoms with Gasteiger partial charge in [0, 0.05) is 19.6 Å². The summed E-state index contributed by atoms with van der Waals surface area (Å²) in [6.07, 6.45) is 0.969. The average Bonchev–Trinajstić information content (AvgIpc) is 2.83. The van der Waals surface area contributed by atoms with Gasteiger partial charge < -0.3 is 5.73 Å². The minimum atomic E-state index is 0.719. The van der Waals surface area contributed by atoms with Crippen LogP contribution in [0.15, 0.2) is 48.5 Å². The fraction of sp³-hybridized carbons (Fsp3) is 0.294. The summed E-state index contributed by atoms with van der Waals surface area (Å²) < 4.78 is 0. The summed E-state index contributed by atoms with van der Waals surface area (Å²) in [4.78, 5) is 2.50. The van der Waals surface area contributed by atoms with Gasteiger partial charge in [-0.25, -0.2) is 0 Å². The van der Waals surface area contributed by atoms with E-state index in [-0.39, 0.29) is 0 Å². The second-order valence-corrected chi connectivity index (χ2v) is 5.22. The van der Waals surface area contributed by atoms with Crippen LogP contribution in [0, 0.1) is 0 Å². The van der Waals surface area contributed by atoms with E-state index in [1.807, 2.05) is 0 Å². The predicted molar refractivity (Wildman–Crippen MR) is 78.6 cm³/mol. The van der Waals surface area contributed by atoms with Crippen molar-refractivity contribution in [3.8, 4) is 0 Å². The molecule has 2 heteroatoms. The van der Waals surface area contributed by atoms with Gasteiger partial charge in [-0.05, 0) is 35.2 Å². The van der Waals surface area contributed by atoms with Crippen LogP contribution in [0.3, 0.4) is 0 Å². The van der Waals surface area contributed by atoms with Crippen molar-refractivity contribution in [2.45, 2.75) is 26.1 Å². The SMILES string of the molecule is NCCc1ccccc1CN1Cc2ccccc2C1. The maximum absolute atomic E-state index is 5.69. The van der Waals surface area contributed by atoms with E-state index in [0.29, 0.717) is 0 Å². The van der Waals surface area contributed by atoms with Crippen LogP contribution in [-0.4, -0.2) is 11.4 Å². The molecular weight excluding hydrogens is 232 g/mol. The van der Waals surface area contributed by atoms with Gasteiger partial charge in [-0.1, -0.05) is 48.5 Å². The fourth-order valence-electron chi connectivity index (χ4n) is 2.87. The van der Waals surface area contributed by atoms with Gasteiger partial charge in [-0.3, -0.25) is 4.90 Å². The minimum Gasteiger partial charge on any atom is -0.330 e. The van der Waals surface area contributed by atoms with Crippen LogP contribution in [-0.2, 0) is 26.1 Å². The van der Waals surface area contributed by atoms with Gasteiger partial charge in [0.2, 0.25) is 0 Å². The molecule has 0 spiro atoms. The molecule has 98 valence electrons. The molecule has 0 aliphatic carbocycles. The van der Waals surface area contributed by atoms with E-state index in [1.54, 1.807) is 0 Å². The number of hydrogen-bond acceptors (Lipinski definition) is 2. The van der Waals surface area contributed by atoms with Crippen molar-refractivity contribution in [1.82, 2.24) is 4.90 Å². The molecule has 2 N–H and O–H groups in total. The van der Waals surface area contributed by atoms with Crippen LogP contribution in [0.4, 0.5) is 0 Å². The Morgan fingerprint density at radius 2 is 1.42 bits per heavy atom. The molecule has 0 bridgehead atoms. The van der Waals surface area contributed by atoms with Crippen molar-refractivity contribution in [3.63, 3.8) is 0 Å². The smallest absolute Gasteiger partial charge is 0.0244 e.